The number of carbonyl (C=O) groups is 4. The number of aryl methyl sites for hydroxylation is 1. The Labute approximate surface area is 214 Å². The topological polar surface area (TPSA) is 135 Å². The van der Waals surface area contributed by atoms with Crippen molar-refractivity contribution in [3.8, 4) is 0 Å². The maximum atomic E-state index is 13.5. The fourth-order valence-electron chi connectivity index (χ4n) is 3.92. The van der Waals surface area contributed by atoms with E-state index < -0.39 is 35.9 Å². The number of carboxylic acid groups (broad SMARTS) is 1. The summed E-state index contributed by atoms with van der Waals surface area (Å²) in [6.45, 7) is 1.48. The van der Waals surface area contributed by atoms with Crippen LogP contribution in [0.5, 0.6) is 0 Å². The minimum atomic E-state index is -1.24. The van der Waals surface area contributed by atoms with Crippen molar-refractivity contribution in [3.63, 3.8) is 0 Å². The Balaban J connectivity index is 1.87. The number of rotatable bonds is 12. The van der Waals surface area contributed by atoms with Gasteiger partial charge in [0.15, 0.2) is 0 Å². The van der Waals surface area contributed by atoms with Crippen molar-refractivity contribution in [2.75, 3.05) is 5.32 Å². The lowest BCUT2D eigenvalue weighted by Gasteiger charge is -2.22. The average molecular weight is 504 g/mol. The molecule has 2 atom stereocenters. The molecule has 2 aromatic carbocycles. The van der Waals surface area contributed by atoms with Gasteiger partial charge in [-0.15, -0.1) is 0 Å². The van der Waals surface area contributed by atoms with Gasteiger partial charge in [0.2, 0.25) is 11.8 Å². The van der Waals surface area contributed by atoms with Crippen LogP contribution in [0, 0.1) is 0 Å². The molecule has 1 aromatic heterocycles. The normalized spacial score (nSPS) is 12.2. The lowest BCUT2D eigenvalue weighted by Crippen LogP contribution is -2.44. The quantitative estimate of drug-likeness (QED) is 0.325. The number of hydrogen-bond acceptors (Lipinski definition) is 5. The van der Waals surface area contributed by atoms with Gasteiger partial charge in [-0.2, -0.15) is 0 Å². The van der Waals surface area contributed by atoms with E-state index in [4.69, 9.17) is 5.11 Å². The van der Waals surface area contributed by atoms with Crippen LogP contribution in [-0.2, 0) is 32.0 Å². The molecule has 9 nitrogen and oxygen atoms in total. The largest absolute Gasteiger partial charge is 0.481 e. The van der Waals surface area contributed by atoms with E-state index in [0.717, 1.165) is 11.1 Å². The van der Waals surface area contributed by atoms with Gasteiger partial charge < -0.3 is 20.5 Å². The number of aldehydes is 1. The van der Waals surface area contributed by atoms with Gasteiger partial charge in [-0.25, -0.2) is 0 Å². The molecule has 1 unspecified atom stereocenters. The van der Waals surface area contributed by atoms with Crippen LogP contribution < -0.4 is 16.2 Å². The Morgan fingerprint density at radius 3 is 2.16 bits per heavy atom. The van der Waals surface area contributed by atoms with Crippen LogP contribution in [0.1, 0.15) is 42.6 Å². The molecule has 0 aliphatic heterocycles. The number of aliphatic carboxylic acids is 1. The Morgan fingerprint density at radius 2 is 1.57 bits per heavy atom. The van der Waals surface area contributed by atoms with Crippen molar-refractivity contribution in [2.45, 2.75) is 44.7 Å². The van der Waals surface area contributed by atoms with Gasteiger partial charge in [-0.3, -0.25) is 23.7 Å². The Kier molecular flexibility index (Phi) is 9.48. The summed E-state index contributed by atoms with van der Waals surface area (Å²) < 4.78 is 1.26. The second kappa shape index (κ2) is 13.0. The number of pyridine rings is 1. The van der Waals surface area contributed by atoms with Gasteiger partial charge in [0.25, 0.3) is 5.56 Å². The van der Waals surface area contributed by atoms with Gasteiger partial charge in [0, 0.05) is 18.5 Å². The summed E-state index contributed by atoms with van der Waals surface area (Å²) in [4.78, 5) is 61.2. The maximum Gasteiger partial charge on any atom is 0.305 e. The molecule has 0 bridgehead atoms. The molecule has 0 saturated carbocycles. The van der Waals surface area contributed by atoms with Crippen molar-refractivity contribution < 1.29 is 24.3 Å². The molecule has 0 saturated heterocycles. The molecule has 0 aliphatic carbocycles. The first-order valence-electron chi connectivity index (χ1n) is 11.9. The van der Waals surface area contributed by atoms with E-state index in [9.17, 15) is 24.0 Å². The zero-order valence-electron chi connectivity index (χ0n) is 20.4. The smallest absolute Gasteiger partial charge is 0.305 e. The zero-order chi connectivity index (χ0) is 26.8. The number of amides is 2. The Hall–Kier alpha value is -4.53. The molecule has 0 spiro atoms. The standard InChI is InChI=1S/C28H29N3O6/c1-19(27(36)29-22(18-32)17-26(34)35)31-23(16-21-10-6-3-7-11-21)13-14-24(28(31)37)30-25(33)15-12-20-8-4-2-5-9-20/h2-11,13-14,18-19,22H,12,15-17H2,1H3,(H,29,36)(H,30,33)(H,34,35)/t19?,22-/m0/s1. The first-order chi connectivity index (χ1) is 17.8. The minimum Gasteiger partial charge on any atom is -0.481 e. The van der Waals surface area contributed by atoms with Crippen LogP contribution in [0.15, 0.2) is 77.6 Å². The van der Waals surface area contributed by atoms with Crippen molar-refractivity contribution in [1.82, 2.24) is 9.88 Å². The molecule has 0 fully saturated rings. The number of carboxylic acids is 1. The number of aromatic nitrogens is 1. The second-order valence-corrected chi connectivity index (χ2v) is 8.63. The molecule has 0 aliphatic rings. The van der Waals surface area contributed by atoms with Crippen LogP contribution in [-0.4, -0.2) is 39.8 Å². The summed E-state index contributed by atoms with van der Waals surface area (Å²) in [5, 5.41) is 14.0. The van der Waals surface area contributed by atoms with Gasteiger partial charge in [0.1, 0.15) is 18.0 Å². The highest BCUT2D eigenvalue weighted by Gasteiger charge is 2.24. The summed E-state index contributed by atoms with van der Waals surface area (Å²) in [5.74, 6) is -2.28. The molecule has 37 heavy (non-hydrogen) atoms. The van der Waals surface area contributed by atoms with Crippen molar-refractivity contribution in [1.29, 1.82) is 0 Å². The summed E-state index contributed by atoms with van der Waals surface area (Å²) in [6, 6.07) is 19.7. The molecule has 0 radical (unpaired) electrons. The Bertz CT molecular complexity index is 1300. The number of anilines is 1. The van der Waals surface area contributed by atoms with E-state index in [1.807, 2.05) is 60.7 Å². The lowest BCUT2D eigenvalue weighted by atomic mass is 10.1. The van der Waals surface area contributed by atoms with E-state index in [-0.39, 0.29) is 18.0 Å². The average Bonchev–Trinajstić information content (AvgIpc) is 2.89. The third kappa shape index (κ3) is 7.73. The summed E-state index contributed by atoms with van der Waals surface area (Å²) >= 11 is 0. The first-order valence-corrected chi connectivity index (χ1v) is 11.9. The third-order valence-electron chi connectivity index (χ3n) is 5.84. The lowest BCUT2D eigenvalue weighted by molar-refractivity contribution is -0.139. The summed E-state index contributed by atoms with van der Waals surface area (Å²) in [5.41, 5.74) is 1.85. The predicted octanol–water partition coefficient (Wildman–Crippen LogP) is 2.73. The molecule has 3 aromatic rings. The van der Waals surface area contributed by atoms with Crippen molar-refractivity contribution in [3.05, 3.63) is 100.0 Å². The van der Waals surface area contributed by atoms with Crippen LogP contribution in [0.2, 0.25) is 0 Å². The molecule has 192 valence electrons. The van der Waals surface area contributed by atoms with Crippen molar-refractivity contribution >= 4 is 29.8 Å². The molecular weight excluding hydrogens is 474 g/mol. The molecule has 3 N–H and O–H groups in total. The van der Waals surface area contributed by atoms with Crippen molar-refractivity contribution in [2.24, 2.45) is 0 Å². The van der Waals surface area contributed by atoms with E-state index in [1.165, 1.54) is 17.6 Å². The van der Waals surface area contributed by atoms with Gasteiger partial charge >= 0.3 is 5.97 Å². The maximum absolute atomic E-state index is 13.5. The number of nitrogens with zero attached hydrogens (tertiary/aromatic N) is 1. The Morgan fingerprint density at radius 1 is 0.946 bits per heavy atom. The summed E-state index contributed by atoms with van der Waals surface area (Å²) in [7, 11) is 0. The molecule has 3 rings (SSSR count). The van der Waals surface area contributed by atoms with Gasteiger partial charge in [0.05, 0.1) is 12.5 Å². The highest BCUT2D eigenvalue weighted by Crippen LogP contribution is 2.16. The molecular formula is C28H29N3O6. The molecule has 1 heterocycles. The highest BCUT2D eigenvalue weighted by atomic mass is 16.4. The van der Waals surface area contributed by atoms with Crippen LogP contribution in [0.4, 0.5) is 5.69 Å². The minimum absolute atomic E-state index is 0.0204. The number of hydrogen-bond donors (Lipinski definition) is 3. The van der Waals surface area contributed by atoms with E-state index in [0.29, 0.717) is 24.8 Å². The monoisotopic (exact) mass is 503 g/mol. The number of carbonyl (C=O) groups excluding carboxylic acids is 3. The second-order valence-electron chi connectivity index (χ2n) is 8.63. The number of benzene rings is 2. The van der Waals surface area contributed by atoms with Crippen LogP contribution >= 0.6 is 0 Å². The summed E-state index contributed by atoms with van der Waals surface area (Å²) in [6.07, 6.45) is 0.771. The molecule has 2 amide bonds. The van der Waals surface area contributed by atoms with Gasteiger partial charge in [-0.1, -0.05) is 60.7 Å². The fourth-order valence-corrected chi connectivity index (χ4v) is 3.92. The van der Waals surface area contributed by atoms with Crippen LogP contribution in [0.3, 0.4) is 0 Å². The first kappa shape index (κ1) is 27.1. The predicted molar refractivity (Wildman–Crippen MR) is 138 cm³/mol. The third-order valence-corrected chi connectivity index (χ3v) is 5.84. The van der Waals surface area contributed by atoms with Gasteiger partial charge in [-0.05, 0) is 36.6 Å². The zero-order valence-corrected chi connectivity index (χ0v) is 20.4. The van der Waals surface area contributed by atoms with E-state index in [1.54, 1.807) is 6.07 Å². The fraction of sp³-hybridized carbons (Fsp3) is 0.250. The molecule has 9 heteroatoms. The SMILES string of the molecule is CC(C(=O)N[C@H](C=O)CC(=O)O)n1c(Cc2ccccc2)ccc(NC(=O)CCc2ccccc2)c1=O. The van der Waals surface area contributed by atoms with E-state index in [2.05, 4.69) is 10.6 Å². The highest BCUT2D eigenvalue weighted by molar-refractivity contribution is 5.91. The van der Waals surface area contributed by atoms with Crippen LogP contribution in [0.25, 0.3) is 0 Å². The van der Waals surface area contributed by atoms with E-state index >= 15 is 0 Å². The number of nitrogens with one attached hydrogen (secondary N) is 2.